The van der Waals surface area contributed by atoms with Crippen molar-refractivity contribution in [3.05, 3.63) is 28.8 Å². The number of fused-ring (bicyclic) bond motifs is 1. The largest absolute Gasteiger partial charge is 0.493 e. The maximum atomic E-state index is 12.6. The average molecular weight is 353 g/mol. The summed E-state index contributed by atoms with van der Waals surface area (Å²) >= 11 is 6.06. The van der Waals surface area contributed by atoms with Crippen LogP contribution in [0.25, 0.3) is 0 Å². The zero-order chi connectivity index (χ0) is 17.1. The monoisotopic (exact) mass is 352 g/mol. The van der Waals surface area contributed by atoms with Crippen molar-refractivity contribution in [3.63, 3.8) is 0 Å². The van der Waals surface area contributed by atoms with Gasteiger partial charge in [0.05, 0.1) is 25.2 Å². The van der Waals surface area contributed by atoms with E-state index in [1.807, 2.05) is 12.1 Å². The first-order valence-electron chi connectivity index (χ1n) is 8.08. The van der Waals surface area contributed by atoms with E-state index in [0.29, 0.717) is 37.7 Å². The van der Waals surface area contributed by atoms with Crippen LogP contribution < -0.4 is 10.1 Å². The number of hydrogen-bond donors (Lipinski definition) is 1. The molecule has 1 saturated heterocycles. The van der Waals surface area contributed by atoms with E-state index in [0.717, 1.165) is 11.3 Å². The first-order valence-corrected chi connectivity index (χ1v) is 8.45. The molecule has 7 heteroatoms. The van der Waals surface area contributed by atoms with Crippen molar-refractivity contribution in [2.75, 3.05) is 33.4 Å². The van der Waals surface area contributed by atoms with Gasteiger partial charge in [-0.15, -0.1) is 0 Å². The molecular formula is C17H21ClN2O4. The smallest absolute Gasteiger partial charge is 0.225 e. The highest BCUT2D eigenvalue weighted by molar-refractivity contribution is 6.30. The number of nitrogens with one attached hydrogen (secondary N) is 1. The van der Waals surface area contributed by atoms with Gasteiger partial charge in [0.15, 0.2) is 0 Å². The van der Waals surface area contributed by atoms with Gasteiger partial charge in [0.25, 0.3) is 0 Å². The van der Waals surface area contributed by atoms with Crippen molar-refractivity contribution in [3.8, 4) is 5.75 Å². The molecule has 2 unspecified atom stereocenters. The number of methoxy groups -OCH3 is 1. The minimum Gasteiger partial charge on any atom is -0.493 e. The van der Waals surface area contributed by atoms with Gasteiger partial charge in [0, 0.05) is 43.6 Å². The maximum absolute atomic E-state index is 12.6. The Bertz CT molecular complexity index is 637. The van der Waals surface area contributed by atoms with Crippen LogP contribution in [0.3, 0.4) is 0 Å². The molecule has 2 aliphatic heterocycles. The van der Waals surface area contributed by atoms with Crippen LogP contribution in [0.1, 0.15) is 24.4 Å². The lowest BCUT2D eigenvalue weighted by atomic mass is 9.99. The average Bonchev–Trinajstić information content (AvgIpc) is 2.94. The summed E-state index contributed by atoms with van der Waals surface area (Å²) in [6.45, 7) is 1.99. The van der Waals surface area contributed by atoms with Crippen molar-refractivity contribution < 1.29 is 19.1 Å². The van der Waals surface area contributed by atoms with Gasteiger partial charge in [0.2, 0.25) is 11.8 Å². The Hall–Kier alpha value is -1.79. The summed E-state index contributed by atoms with van der Waals surface area (Å²) in [7, 11) is 1.60. The molecule has 24 heavy (non-hydrogen) atoms. The number of halogens is 1. The summed E-state index contributed by atoms with van der Waals surface area (Å²) in [5, 5.41) is 3.67. The van der Waals surface area contributed by atoms with Gasteiger partial charge >= 0.3 is 0 Å². The molecule has 1 fully saturated rings. The molecule has 1 aromatic rings. The van der Waals surface area contributed by atoms with Crippen molar-refractivity contribution in [2.24, 2.45) is 5.92 Å². The number of benzene rings is 1. The molecule has 0 aliphatic carbocycles. The molecule has 2 heterocycles. The zero-order valence-electron chi connectivity index (χ0n) is 13.6. The van der Waals surface area contributed by atoms with Crippen LogP contribution >= 0.6 is 11.6 Å². The summed E-state index contributed by atoms with van der Waals surface area (Å²) in [6.07, 6.45) is 0.939. The van der Waals surface area contributed by atoms with E-state index < -0.39 is 0 Å². The Labute approximate surface area is 146 Å². The van der Waals surface area contributed by atoms with Crippen LogP contribution in [0.4, 0.5) is 0 Å². The molecule has 2 atom stereocenters. The molecule has 1 N–H and O–H groups in total. The third kappa shape index (κ3) is 3.65. The zero-order valence-corrected chi connectivity index (χ0v) is 14.3. The third-order valence-electron chi connectivity index (χ3n) is 4.48. The minimum atomic E-state index is -0.320. The first kappa shape index (κ1) is 17.0. The molecule has 0 radical (unpaired) electrons. The Morgan fingerprint density at radius 2 is 2.33 bits per heavy atom. The van der Waals surface area contributed by atoms with E-state index >= 15 is 0 Å². The Morgan fingerprint density at radius 3 is 3.12 bits per heavy atom. The molecule has 2 amide bonds. The minimum absolute atomic E-state index is 0.00243. The SMILES string of the molecule is COCCN1CC(C(=O)NC2CCOc3ccc(Cl)cc32)CC1=O. The van der Waals surface area contributed by atoms with Crippen LogP contribution in [0, 0.1) is 5.92 Å². The van der Waals surface area contributed by atoms with Crippen molar-refractivity contribution in [1.82, 2.24) is 10.2 Å². The predicted molar refractivity (Wildman–Crippen MR) is 89.0 cm³/mol. The number of carbonyl (C=O) groups excluding carboxylic acids is 2. The van der Waals surface area contributed by atoms with E-state index in [4.69, 9.17) is 21.1 Å². The van der Waals surface area contributed by atoms with Gasteiger partial charge in [-0.3, -0.25) is 9.59 Å². The second-order valence-corrected chi connectivity index (χ2v) is 6.55. The van der Waals surface area contributed by atoms with Crippen LogP contribution in [0.5, 0.6) is 5.75 Å². The highest BCUT2D eigenvalue weighted by Gasteiger charge is 2.35. The highest BCUT2D eigenvalue weighted by atomic mass is 35.5. The maximum Gasteiger partial charge on any atom is 0.225 e. The summed E-state index contributed by atoms with van der Waals surface area (Å²) in [5.74, 6) is 0.337. The summed E-state index contributed by atoms with van der Waals surface area (Å²) < 4.78 is 10.6. The fraction of sp³-hybridized carbons (Fsp3) is 0.529. The van der Waals surface area contributed by atoms with Crippen LogP contribution in [-0.2, 0) is 14.3 Å². The number of hydrogen-bond acceptors (Lipinski definition) is 4. The van der Waals surface area contributed by atoms with E-state index in [9.17, 15) is 9.59 Å². The molecule has 130 valence electrons. The van der Waals surface area contributed by atoms with E-state index in [1.165, 1.54) is 0 Å². The molecule has 0 bridgehead atoms. The van der Waals surface area contributed by atoms with Gasteiger partial charge in [0.1, 0.15) is 5.75 Å². The van der Waals surface area contributed by atoms with Crippen LogP contribution in [0.2, 0.25) is 5.02 Å². The second kappa shape index (κ2) is 7.40. The molecule has 1 aromatic carbocycles. The standard InChI is InChI=1S/C17H21ClN2O4/c1-23-7-5-20-10-11(8-16(20)21)17(22)19-14-4-6-24-15-3-2-12(18)9-13(14)15/h2-3,9,11,14H,4-8,10H2,1H3,(H,19,22). The Morgan fingerprint density at radius 1 is 1.50 bits per heavy atom. The van der Waals surface area contributed by atoms with Gasteiger partial charge in [-0.25, -0.2) is 0 Å². The Kier molecular flexibility index (Phi) is 5.26. The number of likely N-dealkylation sites (tertiary alicyclic amines) is 1. The number of amides is 2. The van der Waals surface area contributed by atoms with Crippen molar-refractivity contribution in [1.29, 1.82) is 0 Å². The van der Waals surface area contributed by atoms with Gasteiger partial charge in [-0.05, 0) is 18.2 Å². The number of ether oxygens (including phenoxy) is 2. The van der Waals surface area contributed by atoms with Crippen molar-refractivity contribution in [2.45, 2.75) is 18.9 Å². The topological polar surface area (TPSA) is 67.9 Å². The van der Waals surface area contributed by atoms with Gasteiger partial charge < -0.3 is 19.7 Å². The Balaban J connectivity index is 1.64. The summed E-state index contributed by atoms with van der Waals surface area (Å²) in [4.78, 5) is 26.2. The highest BCUT2D eigenvalue weighted by Crippen LogP contribution is 2.34. The lowest BCUT2D eigenvalue weighted by molar-refractivity contribution is -0.129. The molecule has 0 saturated carbocycles. The molecule has 6 nitrogen and oxygen atoms in total. The number of nitrogens with zero attached hydrogens (tertiary/aromatic N) is 1. The van der Waals surface area contributed by atoms with E-state index in [2.05, 4.69) is 5.32 Å². The van der Waals surface area contributed by atoms with Crippen molar-refractivity contribution >= 4 is 23.4 Å². The van der Waals surface area contributed by atoms with Crippen LogP contribution in [-0.4, -0.2) is 50.1 Å². The molecular weight excluding hydrogens is 332 g/mol. The lowest BCUT2D eigenvalue weighted by Gasteiger charge is -2.27. The first-order chi connectivity index (χ1) is 11.6. The normalized spacial score (nSPS) is 22.9. The van der Waals surface area contributed by atoms with Gasteiger partial charge in [-0.2, -0.15) is 0 Å². The molecule has 3 rings (SSSR count). The number of rotatable bonds is 5. The van der Waals surface area contributed by atoms with E-state index in [1.54, 1.807) is 18.1 Å². The fourth-order valence-corrected chi connectivity index (χ4v) is 3.35. The fourth-order valence-electron chi connectivity index (χ4n) is 3.17. The molecule has 2 aliphatic rings. The predicted octanol–water partition coefficient (Wildman–Crippen LogP) is 1.77. The van der Waals surface area contributed by atoms with E-state index in [-0.39, 0.29) is 30.2 Å². The third-order valence-corrected chi connectivity index (χ3v) is 4.71. The van der Waals surface area contributed by atoms with Crippen LogP contribution in [0.15, 0.2) is 18.2 Å². The second-order valence-electron chi connectivity index (χ2n) is 6.11. The molecule has 0 aromatic heterocycles. The summed E-state index contributed by atoms with van der Waals surface area (Å²) in [6, 6.07) is 5.28. The lowest BCUT2D eigenvalue weighted by Crippen LogP contribution is -2.37. The number of carbonyl (C=O) groups is 2. The van der Waals surface area contributed by atoms with Gasteiger partial charge in [-0.1, -0.05) is 11.6 Å². The molecule has 0 spiro atoms. The quantitative estimate of drug-likeness (QED) is 0.877. The summed E-state index contributed by atoms with van der Waals surface area (Å²) in [5.41, 5.74) is 0.891.